The number of anilines is 2. The largest absolute Gasteiger partial charge is 0.310 e. The van der Waals surface area contributed by atoms with Crippen molar-refractivity contribution in [2.75, 3.05) is 4.90 Å². The van der Waals surface area contributed by atoms with Gasteiger partial charge >= 0.3 is 0 Å². The van der Waals surface area contributed by atoms with Gasteiger partial charge in [-0.25, -0.2) is 0 Å². The molecule has 0 radical (unpaired) electrons. The van der Waals surface area contributed by atoms with Gasteiger partial charge < -0.3 is 4.90 Å². The van der Waals surface area contributed by atoms with E-state index in [1.807, 2.05) is 25.2 Å². The predicted molar refractivity (Wildman–Crippen MR) is 222 cm³/mol. The van der Waals surface area contributed by atoms with Gasteiger partial charge in [-0.3, -0.25) is 0 Å². The smallest absolute Gasteiger partial charge is 0.0493 e. The molecule has 252 valence electrons. The van der Waals surface area contributed by atoms with Crippen LogP contribution in [0.5, 0.6) is 0 Å². The average Bonchev–Trinajstić information content (AvgIpc) is 3.26. The highest BCUT2D eigenvalue weighted by Gasteiger charge is 2.21. The molecule has 0 aliphatic carbocycles. The van der Waals surface area contributed by atoms with Gasteiger partial charge in [0, 0.05) is 17.1 Å². The van der Waals surface area contributed by atoms with E-state index in [0.29, 0.717) is 5.92 Å². The summed E-state index contributed by atoms with van der Waals surface area (Å²) in [7, 11) is 0. The minimum absolute atomic E-state index is 0.330. The monoisotopic (exact) mass is 653 g/mol. The van der Waals surface area contributed by atoms with Crippen molar-refractivity contribution in [2.45, 2.75) is 54.4 Å². The summed E-state index contributed by atoms with van der Waals surface area (Å²) in [6.07, 6.45) is 21.1. The maximum Gasteiger partial charge on any atom is 0.0493 e. The Kier molecular flexibility index (Phi) is 12.1. The first-order valence-corrected chi connectivity index (χ1v) is 17.8. The van der Waals surface area contributed by atoms with Crippen molar-refractivity contribution >= 4 is 40.7 Å². The van der Waals surface area contributed by atoms with Crippen LogP contribution in [0, 0.1) is 12.8 Å². The Morgan fingerprint density at radius 2 is 1.38 bits per heavy atom. The van der Waals surface area contributed by atoms with Crippen LogP contribution in [0.15, 0.2) is 157 Å². The Morgan fingerprint density at radius 1 is 0.720 bits per heavy atom. The van der Waals surface area contributed by atoms with Gasteiger partial charge in [0.25, 0.3) is 0 Å². The van der Waals surface area contributed by atoms with Gasteiger partial charge in [0.15, 0.2) is 0 Å². The fraction of sp³-hybridized carbons (Fsp3) is 0.184. The molecule has 5 rings (SSSR count). The van der Waals surface area contributed by atoms with Crippen molar-refractivity contribution in [1.29, 1.82) is 0 Å². The first kappa shape index (κ1) is 35.9. The summed E-state index contributed by atoms with van der Waals surface area (Å²) in [5.74, 6) is 0.330. The van der Waals surface area contributed by atoms with Gasteiger partial charge in [0.2, 0.25) is 0 Å². The topological polar surface area (TPSA) is 3.24 Å². The second-order valence-electron chi connectivity index (χ2n) is 13.3. The highest BCUT2D eigenvalue weighted by atomic mass is 15.2. The molecule has 4 aromatic carbocycles. The quantitative estimate of drug-likeness (QED) is 0.115. The molecule has 0 saturated heterocycles. The van der Waals surface area contributed by atoms with Crippen LogP contribution in [-0.2, 0) is 6.42 Å². The van der Waals surface area contributed by atoms with Gasteiger partial charge in [-0.15, -0.1) is 0 Å². The van der Waals surface area contributed by atoms with Crippen molar-refractivity contribution in [1.82, 2.24) is 0 Å². The Morgan fingerprint density at radius 3 is 2.00 bits per heavy atom. The third kappa shape index (κ3) is 8.41. The molecule has 1 heterocycles. The molecule has 0 N–H and O–H groups in total. The van der Waals surface area contributed by atoms with E-state index in [0.717, 1.165) is 24.0 Å². The fourth-order valence-electron chi connectivity index (χ4n) is 6.78. The number of hydrogen-bond donors (Lipinski definition) is 0. The van der Waals surface area contributed by atoms with Crippen molar-refractivity contribution in [3.8, 4) is 0 Å². The highest BCUT2D eigenvalue weighted by Crippen LogP contribution is 2.39. The lowest BCUT2D eigenvalue weighted by Gasteiger charge is -2.28. The molecule has 0 atom stereocenters. The molecule has 4 aromatic rings. The predicted octanol–water partition coefficient (Wildman–Crippen LogP) is 14.0. The van der Waals surface area contributed by atoms with Crippen LogP contribution in [0.4, 0.5) is 11.4 Å². The summed E-state index contributed by atoms with van der Waals surface area (Å²) in [6.45, 7) is 21.4. The third-order valence-corrected chi connectivity index (χ3v) is 9.33. The van der Waals surface area contributed by atoms with E-state index in [-0.39, 0.29) is 0 Å². The van der Waals surface area contributed by atoms with Crippen LogP contribution < -0.4 is 4.90 Å². The lowest BCUT2D eigenvalue weighted by molar-refractivity contribution is 0.856. The second-order valence-corrected chi connectivity index (χ2v) is 13.3. The van der Waals surface area contributed by atoms with Crippen LogP contribution in [0.3, 0.4) is 0 Å². The maximum absolute atomic E-state index is 4.25. The molecule has 50 heavy (non-hydrogen) atoms. The zero-order valence-corrected chi connectivity index (χ0v) is 30.7. The van der Waals surface area contributed by atoms with E-state index in [2.05, 4.69) is 180 Å². The van der Waals surface area contributed by atoms with E-state index in [1.165, 1.54) is 67.2 Å². The zero-order valence-electron chi connectivity index (χ0n) is 30.7. The number of hydrogen-bond acceptors (Lipinski definition) is 1. The molecular weight excluding hydrogens is 603 g/mol. The zero-order chi connectivity index (χ0) is 35.6. The molecule has 0 fully saturated rings. The van der Waals surface area contributed by atoms with Crippen LogP contribution in [0.1, 0.15) is 80.0 Å². The third-order valence-electron chi connectivity index (χ3n) is 9.33. The number of para-hydroxylation sites is 1. The lowest BCUT2D eigenvalue weighted by atomic mass is 9.85. The molecular formula is C49H51N. The lowest BCUT2D eigenvalue weighted by Crippen LogP contribution is -2.16. The Bertz CT molecular complexity index is 2020. The summed E-state index contributed by atoms with van der Waals surface area (Å²) in [4.78, 5) is 2.41. The van der Waals surface area contributed by atoms with Crippen molar-refractivity contribution in [2.24, 2.45) is 5.92 Å². The van der Waals surface area contributed by atoms with Crippen LogP contribution in [-0.4, -0.2) is 0 Å². The molecule has 1 aliphatic rings. The molecule has 0 bridgehead atoms. The maximum atomic E-state index is 4.25. The van der Waals surface area contributed by atoms with E-state index >= 15 is 0 Å². The average molecular weight is 654 g/mol. The normalized spacial score (nSPS) is 14.3. The summed E-state index contributed by atoms with van der Waals surface area (Å²) in [6, 6.07) is 33.2. The van der Waals surface area contributed by atoms with E-state index in [4.69, 9.17) is 0 Å². The molecule has 1 aliphatic heterocycles. The Labute approximate surface area is 301 Å². The van der Waals surface area contributed by atoms with Crippen LogP contribution in [0.2, 0.25) is 0 Å². The minimum atomic E-state index is 0.330. The first-order chi connectivity index (χ1) is 24.2. The standard InChI is InChI=1S/C49H51N/c1-9-14-36(6)18-20-41-27-33-46(38(8)34-41)49(35(4)5)45(11-3)42-29-23-39(24-30-42)21-22-40-25-31-44(32-26-40)50-47(15-10-2)37(7)19-28-43-16-12-13-17-48(43)50/h9-18,20-27,29-35H,3,6,19,28H2,1-2,4-5,7-8H3/b14-9-,15-10-,20-18+,22-21+,49-45-. The Hall–Kier alpha value is -5.40. The molecule has 1 nitrogen and oxygen atoms in total. The summed E-state index contributed by atoms with van der Waals surface area (Å²) >= 11 is 0. The molecule has 0 aromatic heterocycles. The highest BCUT2D eigenvalue weighted by molar-refractivity contribution is 5.97. The van der Waals surface area contributed by atoms with Gasteiger partial charge in [0.05, 0.1) is 0 Å². The summed E-state index contributed by atoms with van der Waals surface area (Å²) in [5, 5.41) is 0. The van der Waals surface area contributed by atoms with Gasteiger partial charge in [-0.05, 0) is 132 Å². The summed E-state index contributed by atoms with van der Waals surface area (Å²) in [5.41, 5.74) is 17.2. The Balaban J connectivity index is 1.38. The van der Waals surface area contributed by atoms with Crippen molar-refractivity contribution in [3.05, 3.63) is 196 Å². The van der Waals surface area contributed by atoms with Crippen LogP contribution >= 0.6 is 0 Å². The number of allylic oxidation sites excluding steroid dienone is 10. The van der Waals surface area contributed by atoms with Crippen LogP contribution in [0.25, 0.3) is 29.4 Å². The van der Waals surface area contributed by atoms with Gasteiger partial charge in [-0.2, -0.15) is 0 Å². The number of fused-ring (bicyclic) bond motifs is 1. The molecule has 0 unspecified atom stereocenters. The summed E-state index contributed by atoms with van der Waals surface area (Å²) < 4.78 is 0. The second kappa shape index (κ2) is 16.8. The van der Waals surface area contributed by atoms with E-state index in [9.17, 15) is 0 Å². The number of benzene rings is 4. The minimum Gasteiger partial charge on any atom is -0.310 e. The van der Waals surface area contributed by atoms with E-state index in [1.54, 1.807) is 0 Å². The number of aryl methyl sites for hydroxylation is 2. The SMILES string of the molecule is C=C/C(=C(/c1ccc(/C=C/C(=C)/C=C\C)cc1C)C(C)C)c1ccc(/C=C/c2ccc(N3C(/C=C\C)=C(C)CCc4ccccc43)cc2)cc1. The van der Waals surface area contributed by atoms with Crippen molar-refractivity contribution in [3.63, 3.8) is 0 Å². The van der Waals surface area contributed by atoms with Gasteiger partial charge in [0.1, 0.15) is 0 Å². The molecule has 1 heteroatoms. The molecule has 0 saturated carbocycles. The fourth-order valence-corrected chi connectivity index (χ4v) is 6.78. The molecule has 0 spiro atoms. The van der Waals surface area contributed by atoms with Crippen molar-refractivity contribution < 1.29 is 0 Å². The first-order valence-electron chi connectivity index (χ1n) is 17.8. The number of rotatable bonds is 11. The van der Waals surface area contributed by atoms with E-state index < -0.39 is 0 Å². The van der Waals surface area contributed by atoms with Gasteiger partial charge in [-0.1, -0.05) is 148 Å². The number of nitrogens with zero attached hydrogens (tertiary/aromatic N) is 1. The molecule has 0 amide bonds.